The highest BCUT2D eigenvalue weighted by Gasteiger charge is 2.08. The normalized spacial score (nSPS) is 11.0. The first kappa shape index (κ1) is 16.8. The van der Waals surface area contributed by atoms with Gasteiger partial charge in [-0.3, -0.25) is 4.79 Å². The number of fused-ring (bicyclic) bond motifs is 1. The van der Waals surface area contributed by atoms with E-state index in [4.69, 9.17) is 4.74 Å². The van der Waals surface area contributed by atoms with Crippen LogP contribution in [0.5, 0.6) is 5.75 Å². The van der Waals surface area contributed by atoms with Crippen molar-refractivity contribution in [3.8, 4) is 5.75 Å². The Morgan fingerprint density at radius 2 is 1.68 bits per heavy atom. The summed E-state index contributed by atoms with van der Waals surface area (Å²) in [5.74, 6) is 0.715. The number of likely N-dealkylation sites (N-methyl/N-ethyl adjacent to an activating group) is 1. The number of amides is 1. The molecule has 0 unspecified atom stereocenters. The van der Waals surface area contributed by atoms with E-state index in [2.05, 4.69) is 6.07 Å². The summed E-state index contributed by atoms with van der Waals surface area (Å²) in [4.78, 5) is 13.5. The summed E-state index contributed by atoms with van der Waals surface area (Å²) in [5.41, 5.74) is 2.03. The third kappa shape index (κ3) is 4.07. The van der Waals surface area contributed by atoms with Crippen LogP contribution in [-0.2, 0) is 11.4 Å². The molecular formula is C22H21NO2. The quantitative estimate of drug-likeness (QED) is 0.643. The van der Waals surface area contributed by atoms with Gasteiger partial charge in [-0.25, -0.2) is 0 Å². The third-order valence-electron chi connectivity index (χ3n) is 4.00. The molecule has 0 aliphatic heterocycles. The Morgan fingerprint density at radius 3 is 2.44 bits per heavy atom. The van der Waals surface area contributed by atoms with Crippen molar-refractivity contribution in [3.63, 3.8) is 0 Å². The molecule has 0 saturated heterocycles. The molecule has 1 amide bonds. The van der Waals surface area contributed by atoms with Gasteiger partial charge in [0.15, 0.2) is 0 Å². The largest absolute Gasteiger partial charge is 0.488 e. The second-order valence-electron chi connectivity index (χ2n) is 6.04. The number of carbonyl (C=O) groups is 1. The number of hydrogen-bond acceptors (Lipinski definition) is 2. The molecule has 3 rings (SSSR count). The lowest BCUT2D eigenvalue weighted by atomic mass is 10.0. The number of nitrogens with zero attached hydrogens (tertiary/aromatic N) is 1. The lowest BCUT2D eigenvalue weighted by molar-refractivity contribution is -0.123. The first-order chi connectivity index (χ1) is 12.1. The molecule has 3 aromatic carbocycles. The van der Waals surface area contributed by atoms with Crippen molar-refractivity contribution >= 4 is 22.8 Å². The Bertz CT molecular complexity index is 898. The van der Waals surface area contributed by atoms with Crippen LogP contribution in [-0.4, -0.2) is 24.9 Å². The van der Waals surface area contributed by atoms with Crippen LogP contribution < -0.4 is 4.74 Å². The standard InChI is InChI=1S/C22H21NO2/c1-23(2)22(24)15-13-20-19-11-7-6-10-18(19)12-14-21(20)25-16-17-8-4-3-5-9-17/h3-15H,16H2,1-2H3. The molecular weight excluding hydrogens is 310 g/mol. The molecule has 0 spiro atoms. The molecule has 3 nitrogen and oxygen atoms in total. The fourth-order valence-corrected chi connectivity index (χ4v) is 2.61. The van der Waals surface area contributed by atoms with Crippen LogP contribution in [0.2, 0.25) is 0 Å². The fourth-order valence-electron chi connectivity index (χ4n) is 2.61. The summed E-state index contributed by atoms with van der Waals surface area (Å²) in [7, 11) is 3.48. The monoisotopic (exact) mass is 331 g/mol. The van der Waals surface area contributed by atoms with Crippen LogP contribution in [0.15, 0.2) is 72.8 Å². The van der Waals surface area contributed by atoms with E-state index in [0.29, 0.717) is 6.61 Å². The minimum absolute atomic E-state index is 0.0538. The van der Waals surface area contributed by atoms with Gasteiger partial charge in [0.1, 0.15) is 12.4 Å². The Balaban J connectivity index is 1.96. The lowest BCUT2D eigenvalue weighted by Gasteiger charge is -2.13. The Labute approximate surface area is 148 Å². The first-order valence-corrected chi connectivity index (χ1v) is 8.23. The van der Waals surface area contributed by atoms with Gasteiger partial charge in [0.25, 0.3) is 0 Å². The van der Waals surface area contributed by atoms with Crippen LogP contribution >= 0.6 is 0 Å². The molecule has 0 heterocycles. The molecule has 0 bridgehead atoms. The zero-order valence-electron chi connectivity index (χ0n) is 14.5. The second-order valence-corrected chi connectivity index (χ2v) is 6.04. The smallest absolute Gasteiger partial charge is 0.246 e. The molecule has 0 N–H and O–H groups in total. The Hall–Kier alpha value is -3.07. The van der Waals surface area contributed by atoms with Gasteiger partial charge in [-0.1, -0.05) is 60.7 Å². The van der Waals surface area contributed by atoms with Gasteiger partial charge in [0, 0.05) is 25.7 Å². The Kier molecular flexibility index (Phi) is 5.14. The minimum Gasteiger partial charge on any atom is -0.488 e. The summed E-state index contributed by atoms with van der Waals surface area (Å²) < 4.78 is 6.05. The average molecular weight is 331 g/mol. The maximum atomic E-state index is 11.9. The van der Waals surface area contributed by atoms with E-state index in [0.717, 1.165) is 27.6 Å². The number of ether oxygens (including phenoxy) is 1. The van der Waals surface area contributed by atoms with E-state index in [1.807, 2.05) is 66.7 Å². The molecule has 0 aliphatic rings. The molecule has 0 saturated carbocycles. The molecule has 0 fully saturated rings. The van der Waals surface area contributed by atoms with Gasteiger partial charge in [-0.05, 0) is 28.5 Å². The molecule has 3 heteroatoms. The van der Waals surface area contributed by atoms with Crippen molar-refractivity contribution in [3.05, 3.63) is 83.9 Å². The SMILES string of the molecule is CN(C)C(=O)C=Cc1c(OCc2ccccc2)ccc2ccccc12. The summed E-state index contributed by atoms with van der Waals surface area (Å²) in [6, 6.07) is 22.2. The summed E-state index contributed by atoms with van der Waals surface area (Å²) in [5, 5.41) is 2.18. The molecule has 3 aromatic rings. The number of benzene rings is 3. The molecule has 126 valence electrons. The number of hydrogen-bond donors (Lipinski definition) is 0. The summed E-state index contributed by atoms with van der Waals surface area (Å²) in [6.45, 7) is 0.488. The van der Waals surface area contributed by atoms with Gasteiger partial charge in [0.05, 0.1) is 0 Å². The minimum atomic E-state index is -0.0538. The van der Waals surface area contributed by atoms with E-state index in [-0.39, 0.29) is 5.91 Å². The number of rotatable bonds is 5. The van der Waals surface area contributed by atoms with Crippen LogP contribution in [0.25, 0.3) is 16.8 Å². The van der Waals surface area contributed by atoms with E-state index in [1.54, 1.807) is 25.1 Å². The van der Waals surface area contributed by atoms with Crippen LogP contribution in [0.4, 0.5) is 0 Å². The topological polar surface area (TPSA) is 29.5 Å². The maximum absolute atomic E-state index is 11.9. The van der Waals surface area contributed by atoms with E-state index < -0.39 is 0 Å². The van der Waals surface area contributed by atoms with Crippen LogP contribution in [0.1, 0.15) is 11.1 Å². The Morgan fingerprint density at radius 1 is 0.960 bits per heavy atom. The highest BCUT2D eigenvalue weighted by atomic mass is 16.5. The molecule has 0 atom stereocenters. The zero-order chi connectivity index (χ0) is 17.6. The molecule has 25 heavy (non-hydrogen) atoms. The van der Waals surface area contributed by atoms with E-state index in [9.17, 15) is 4.79 Å². The second kappa shape index (κ2) is 7.67. The van der Waals surface area contributed by atoms with Gasteiger partial charge < -0.3 is 9.64 Å². The first-order valence-electron chi connectivity index (χ1n) is 8.23. The van der Waals surface area contributed by atoms with Crippen LogP contribution in [0, 0.1) is 0 Å². The lowest BCUT2D eigenvalue weighted by Crippen LogP contribution is -2.18. The van der Waals surface area contributed by atoms with Gasteiger partial charge in [0.2, 0.25) is 5.91 Å². The fraction of sp³-hybridized carbons (Fsp3) is 0.136. The third-order valence-corrected chi connectivity index (χ3v) is 4.00. The van der Waals surface area contributed by atoms with E-state index >= 15 is 0 Å². The van der Waals surface area contributed by atoms with Crippen molar-refractivity contribution in [2.45, 2.75) is 6.61 Å². The van der Waals surface area contributed by atoms with Crippen molar-refractivity contribution < 1.29 is 9.53 Å². The molecule has 0 aliphatic carbocycles. The average Bonchev–Trinajstić information content (AvgIpc) is 2.65. The van der Waals surface area contributed by atoms with Gasteiger partial charge in [-0.15, -0.1) is 0 Å². The summed E-state index contributed by atoms with van der Waals surface area (Å²) >= 11 is 0. The van der Waals surface area contributed by atoms with Crippen molar-refractivity contribution in [2.24, 2.45) is 0 Å². The molecule has 0 aromatic heterocycles. The number of carbonyl (C=O) groups excluding carboxylic acids is 1. The zero-order valence-corrected chi connectivity index (χ0v) is 14.5. The van der Waals surface area contributed by atoms with E-state index in [1.165, 1.54) is 0 Å². The predicted molar refractivity (Wildman–Crippen MR) is 102 cm³/mol. The highest BCUT2D eigenvalue weighted by molar-refractivity contribution is 5.98. The maximum Gasteiger partial charge on any atom is 0.246 e. The van der Waals surface area contributed by atoms with Crippen molar-refractivity contribution in [1.82, 2.24) is 4.90 Å². The van der Waals surface area contributed by atoms with Crippen LogP contribution in [0.3, 0.4) is 0 Å². The van der Waals surface area contributed by atoms with Gasteiger partial charge >= 0.3 is 0 Å². The van der Waals surface area contributed by atoms with Crippen molar-refractivity contribution in [2.75, 3.05) is 14.1 Å². The van der Waals surface area contributed by atoms with Crippen molar-refractivity contribution in [1.29, 1.82) is 0 Å². The highest BCUT2D eigenvalue weighted by Crippen LogP contribution is 2.30. The summed E-state index contributed by atoms with van der Waals surface area (Å²) in [6.07, 6.45) is 3.42. The van der Waals surface area contributed by atoms with Gasteiger partial charge in [-0.2, -0.15) is 0 Å². The predicted octanol–water partition coefficient (Wildman–Crippen LogP) is 4.52. The molecule has 0 radical (unpaired) electrons.